The topological polar surface area (TPSA) is 62.3 Å². The van der Waals surface area contributed by atoms with Gasteiger partial charge in [-0.3, -0.25) is 9.59 Å². The minimum atomic E-state index is -0.0711. The number of carbonyl (C=O) groups excluding carboxylic acids is 2. The predicted octanol–water partition coefficient (Wildman–Crippen LogP) is 3.22. The zero-order chi connectivity index (χ0) is 16.9. The number of nitrogens with one attached hydrogen (secondary N) is 1. The Morgan fingerprint density at radius 1 is 1.29 bits per heavy atom. The van der Waals surface area contributed by atoms with Crippen LogP contribution in [0.2, 0.25) is 5.02 Å². The molecule has 0 bridgehead atoms. The van der Waals surface area contributed by atoms with Crippen molar-refractivity contribution in [3.63, 3.8) is 0 Å². The molecule has 0 aliphatic carbocycles. The number of nitrogens with zero attached hydrogens (tertiary/aromatic N) is 2. The van der Waals surface area contributed by atoms with Crippen molar-refractivity contribution in [3.8, 4) is 0 Å². The third-order valence-electron chi connectivity index (χ3n) is 4.18. The fourth-order valence-corrected chi connectivity index (χ4v) is 3.53. The van der Waals surface area contributed by atoms with Crippen LogP contribution in [0.15, 0.2) is 35.8 Å². The Morgan fingerprint density at radius 3 is 2.71 bits per heavy atom. The summed E-state index contributed by atoms with van der Waals surface area (Å²) in [4.78, 5) is 30.5. The van der Waals surface area contributed by atoms with Gasteiger partial charge in [-0.05, 0) is 24.5 Å². The Morgan fingerprint density at radius 2 is 2.04 bits per heavy atom. The van der Waals surface area contributed by atoms with Crippen LogP contribution in [0.4, 0.5) is 5.13 Å². The molecule has 2 heterocycles. The second kappa shape index (κ2) is 7.77. The van der Waals surface area contributed by atoms with Crippen LogP contribution in [0.5, 0.6) is 0 Å². The number of carbonyl (C=O) groups is 2. The molecule has 1 saturated heterocycles. The van der Waals surface area contributed by atoms with Crippen molar-refractivity contribution in [1.29, 1.82) is 0 Å². The normalized spacial score (nSPS) is 15.3. The van der Waals surface area contributed by atoms with Crippen LogP contribution in [0.1, 0.15) is 18.4 Å². The van der Waals surface area contributed by atoms with E-state index in [-0.39, 0.29) is 17.7 Å². The minimum Gasteiger partial charge on any atom is -0.342 e. The van der Waals surface area contributed by atoms with E-state index < -0.39 is 0 Å². The lowest BCUT2D eigenvalue weighted by Crippen LogP contribution is -2.42. The van der Waals surface area contributed by atoms with Gasteiger partial charge in [-0.2, -0.15) is 0 Å². The van der Waals surface area contributed by atoms with Gasteiger partial charge >= 0.3 is 0 Å². The molecule has 3 rings (SSSR count). The third kappa shape index (κ3) is 4.13. The smallest absolute Gasteiger partial charge is 0.229 e. The van der Waals surface area contributed by atoms with E-state index in [1.54, 1.807) is 12.3 Å². The van der Waals surface area contributed by atoms with Gasteiger partial charge in [0.15, 0.2) is 5.13 Å². The van der Waals surface area contributed by atoms with Crippen LogP contribution >= 0.6 is 22.9 Å². The van der Waals surface area contributed by atoms with Gasteiger partial charge in [-0.15, -0.1) is 11.3 Å². The van der Waals surface area contributed by atoms with E-state index >= 15 is 0 Å². The standard InChI is InChI=1S/C17H18ClN3O2S/c18-14-4-2-1-3-13(14)11-15(22)21-8-5-12(6-9-21)16(23)20-17-19-7-10-24-17/h1-4,7,10,12H,5-6,8-9,11H2,(H,19,20,23). The molecule has 5 nitrogen and oxygen atoms in total. The second-order valence-electron chi connectivity index (χ2n) is 5.75. The van der Waals surface area contributed by atoms with Crippen molar-refractivity contribution in [2.75, 3.05) is 18.4 Å². The summed E-state index contributed by atoms with van der Waals surface area (Å²) in [7, 11) is 0. The van der Waals surface area contributed by atoms with Gasteiger partial charge in [0.25, 0.3) is 0 Å². The Hall–Kier alpha value is -1.92. The summed E-state index contributed by atoms with van der Waals surface area (Å²) in [6.45, 7) is 1.19. The van der Waals surface area contributed by atoms with E-state index in [1.807, 2.05) is 28.5 Å². The van der Waals surface area contributed by atoms with Gasteiger partial charge in [0.05, 0.1) is 6.42 Å². The highest BCUT2D eigenvalue weighted by Crippen LogP contribution is 2.22. The first-order chi connectivity index (χ1) is 11.6. The first kappa shape index (κ1) is 16.9. The number of piperidine rings is 1. The molecule has 1 fully saturated rings. The Labute approximate surface area is 149 Å². The molecule has 0 radical (unpaired) electrons. The highest BCUT2D eigenvalue weighted by molar-refractivity contribution is 7.13. The molecule has 24 heavy (non-hydrogen) atoms. The number of halogens is 1. The van der Waals surface area contributed by atoms with Crippen LogP contribution in [0.3, 0.4) is 0 Å². The summed E-state index contributed by atoms with van der Waals surface area (Å²) in [6, 6.07) is 7.39. The van der Waals surface area contributed by atoms with Crippen molar-refractivity contribution in [2.45, 2.75) is 19.3 Å². The number of aromatic nitrogens is 1. The number of benzene rings is 1. The molecule has 1 N–H and O–H groups in total. The van der Waals surface area contributed by atoms with Crippen molar-refractivity contribution in [2.24, 2.45) is 5.92 Å². The minimum absolute atomic E-state index is 0.0110. The van der Waals surface area contributed by atoms with E-state index in [0.717, 1.165) is 5.56 Å². The number of rotatable bonds is 4. The fraction of sp³-hybridized carbons (Fsp3) is 0.353. The molecular formula is C17H18ClN3O2S. The molecule has 0 atom stereocenters. The summed E-state index contributed by atoms with van der Waals surface area (Å²) < 4.78 is 0. The molecule has 2 amide bonds. The zero-order valence-corrected chi connectivity index (χ0v) is 14.6. The Bertz CT molecular complexity index is 712. The monoisotopic (exact) mass is 363 g/mol. The molecule has 0 saturated carbocycles. The summed E-state index contributed by atoms with van der Waals surface area (Å²) >= 11 is 7.51. The van der Waals surface area contributed by atoms with Crippen LogP contribution in [0, 0.1) is 5.92 Å². The lowest BCUT2D eigenvalue weighted by Gasteiger charge is -2.31. The molecule has 2 aromatic rings. The van der Waals surface area contributed by atoms with Crippen LogP contribution in [-0.2, 0) is 16.0 Å². The third-order valence-corrected chi connectivity index (χ3v) is 5.24. The van der Waals surface area contributed by atoms with E-state index in [1.165, 1.54) is 11.3 Å². The van der Waals surface area contributed by atoms with Gasteiger partial charge in [0.1, 0.15) is 0 Å². The number of thiazole rings is 1. The van der Waals surface area contributed by atoms with Crippen molar-refractivity contribution >= 4 is 39.9 Å². The summed E-state index contributed by atoms with van der Waals surface area (Å²) in [5, 5.41) is 5.89. The fourth-order valence-electron chi connectivity index (χ4n) is 2.80. The van der Waals surface area contributed by atoms with Crippen LogP contribution in [-0.4, -0.2) is 34.8 Å². The maximum atomic E-state index is 12.4. The second-order valence-corrected chi connectivity index (χ2v) is 7.05. The molecule has 1 aliphatic rings. The number of amides is 2. The predicted molar refractivity (Wildman–Crippen MR) is 95.2 cm³/mol. The van der Waals surface area contributed by atoms with E-state index in [2.05, 4.69) is 10.3 Å². The lowest BCUT2D eigenvalue weighted by molar-refractivity contribution is -0.133. The number of likely N-dealkylation sites (tertiary alicyclic amines) is 1. The van der Waals surface area contributed by atoms with Crippen molar-refractivity contribution in [3.05, 3.63) is 46.4 Å². The zero-order valence-electron chi connectivity index (χ0n) is 13.1. The molecule has 0 unspecified atom stereocenters. The summed E-state index contributed by atoms with van der Waals surface area (Å²) in [5.74, 6) is -0.0247. The van der Waals surface area contributed by atoms with Gasteiger partial charge in [0, 0.05) is 35.6 Å². The quantitative estimate of drug-likeness (QED) is 0.907. The van der Waals surface area contributed by atoms with Gasteiger partial charge in [0.2, 0.25) is 11.8 Å². The van der Waals surface area contributed by atoms with Gasteiger partial charge in [-0.25, -0.2) is 4.98 Å². The Balaban J connectivity index is 1.50. The molecule has 126 valence electrons. The summed E-state index contributed by atoms with van der Waals surface area (Å²) in [6.07, 6.45) is 3.31. The number of hydrogen-bond donors (Lipinski definition) is 1. The molecule has 7 heteroatoms. The highest BCUT2D eigenvalue weighted by Gasteiger charge is 2.27. The van der Waals surface area contributed by atoms with E-state index in [9.17, 15) is 9.59 Å². The number of anilines is 1. The first-order valence-electron chi connectivity index (χ1n) is 7.85. The SMILES string of the molecule is O=C(Nc1nccs1)C1CCN(C(=O)Cc2ccccc2Cl)CC1. The maximum Gasteiger partial charge on any atom is 0.229 e. The average molecular weight is 364 g/mol. The first-order valence-corrected chi connectivity index (χ1v) is 9.11. The molecule has 1 aliphatic heterocycles. The molecular weight excluding hydrogens is 346 g/mol. The summed E-state index contributed by atoms with van der Waals surface area (Å²) in [5.41, 5.74) is 0.841. The maximum absolute atomic E-state index is 12.4. The van der Waals surface area contributed by atoms with Crippen molar-refractivity contribution < 1.29 is 9.59 Å². The van der Waals surface area contributed by atoms with E-state index in [0.29, 0.717) is 42.5 Å². The van der Waals surface area contributed by atoms with E-state index in [4.69, 9.17) is 11.6 Å². The molecule has 0 spiro atoms. The molecule has 1 aromatic carbocycles. The number of hydrogen-bond acceptors (Lipinski definition) is 4. The Kier molecular flexibility index (Phi) is 5.48. The van der Waals surface area contributed by atoms with Crippen LogP contribution in [0.25, 0.3) is 0 Å². The highest BCUT2D eigenvalue weighted by atomic mass is 35.5. The van der Waals surface area contributed by atoms with Gasteiger partial charge in [-0.1, -0.05) is 29.8 Å². The largest absolute Gasteiger partial charge is 0.342 e. The van der Waals surface area contributed by atoms with Gasteiger partial charge < -0.3 is 10.2 Å². The van der Waals surface area contributed by atoms with Crippen molar-refractivity contribution in [1.82, 2.24) is 9.88 Å². The average Bonchev–Trinajstić information content (AvgIpc) is 3.10. The van der Waals surface area contributed by atoms with Crippen LogP contribution < -0.4 is 5.32 Å². The molecule has 1 aromatic heterocycles. The lowest BCUT2D eigenvalue weighted by atomic mass is 9.95.